The van der Waals surface area contributed by atoms with Crippen LogP contribution in [-0.2, 0) is 14.8 Å². The normalized spacial score (nSPS) is 13.2. The number of hydrogen-bond donors (Lipinski definition) is 2. The molecule has 0 aliphatic heterocycles. The van der Waals surface area contributed by atoms with Crippen LogP contribution in [0.15, 0.2) is 21.6 Å². The minimum Gasteiger partial charge on any atom is -0.380 e. The van der Waals surface area contributed by atoms with Crippen molar-refractivity contribution in [1.82, 2.24) is 9.71 Å². The van der Waals surface area contributed by atoms with E-state index in [9.17, 15) is 8.42 Å². The lowest BCUT2D eigenvalue weighted by molar-refractivity contribution is 0.122. The van der Waals surface area contributed by atoms with Crippen molar-refractivity contribution in [3.63, 3.8) is 0 Å². The van der Waals surface area contributed by atoms with E-state index in [4.69, 9.17) is 4.74 Å². The first kappa shape index (κ1) is 17.4. The second-order valence-electron chi connectivity index (χ2n) is 4.33. The van der Waals surface area contributed by atoms with Crippen LogP contribution in [0, 0.1) is 0 Å². The molecule has 6 nitrogen and oxygen atoms in total. The summed E-state index contributed by atoms with van der Waals surface area (Å²) in [6.07, 6.45) is 2.25. The van der Waals surface area contributed by atoms with Crippen LogP contribution in [0.5, 0.6) is 0 Å². The van der Waals surface area contributed by atoms with Crippen molar-refractivity contribution in [2.24, 2.45) is 0 Å². The first-order valence-corrected chi connectivity index (χ1v) is 8.60. The summed E-state index contributed by atoms with van der Waals surface area (Å²) in [6.45, 7) is 4.65. The Morgan fingerprint density at radius 3 is 2.80 bits per heavy atom. The molecule has 1 aromatic rings. The van der Waals surface area contributed by atoms with Crippen LogP contribution in [-0.4, -0.2) is 39.7 Å². The van der Waals surface area contributed by atoms with Gasteiger partial charge in [-0.1, -0.05) is 6.92 Å². The monoisotopic (exact) mass is 365 g/mol. The number of halogens is 1. The van der Waals surface area contributed by atoms with Gasteiger partial charge >= 0.3 is 0 Å². The molecule has 114 valence electrons. The average Bonchev–Trinajstić information content (AvgIpc) is 2.43. The number of ether oxygens (including phenoxy) is 1. The van der Waals surface area contributed by atoms with E-state index in [1.54, 1.807) is 13.1 Å². The molecule has 0 radical (unpaired) electrons. The predicted molar refractivity (Wildman–Crippen MR) is 82.4 cm³/mol. The van der Waals surface area contributed by atoms with Crippen molar-refractivity contribution in [3.05, 3.63) is 16.7 Å². The molecule has 8 heteroatoms. The maximum atomic E-state index is 12.3. The molecular weight excluding hydrogens is 346 g/mol. The minimum absolute atomic E-state index is 0.128. The molecule has 20 heavy (non-hydrogen) atoms. The molecule has 0 amide bonds. The Bertz CT molecular complexity index is 537. The molecule has 1 atom stereocenters. The summed E-state index contributed by atoms with van der Waals surface area (Å²) < 4.78 is 32.8. The van der Waals surface area contributed by atoms with Gasteiger partial charge in [-0.05, 0) is 35.3 Å². The van der Waals surface area contributed by atoms with Gasteiger partial charge in [0.25, 0.3) is 0 Å². The molecule has 1 rings (SSSR count). The smallest absolute Gasteiger partial charge is 0.244 e. The quantitative estimate of drug-likeness (QED) is 0.736. The standard InChI is InChI=1S/C12H20BrN3O3S/c1-4-5-14-12-11(6-10(13)8-15-12)20(17,18)16-7-9(2)19-3/h6,8-9,16H,4-5,7H2,1-3H3,(H,14,15). The highest BCUT2D eigenvalue weighted by Gasteiger charge is 2.20. The average molecular weight is 366 g/mol. The number of pyridine rings is 1. The first-order chi connectivity index (χ1) is 9.40. The SMILES string of the molecule is CCCNc1ncc(Br)cc1S(=O)(=O)NCC(C)OC. The van der Waals surface area contributed by atoms with Crippen LogP contribution in [0.4, 0.5) is 5.82 Å². The Labute approximate surface area is 128 Å². The van der Waals surface area contributed by atoms with Crippen molar-refractivity contribution in [2.45, 2.75) is 31.3 Å². The molecule has 0 aromatic carbocycles. The highest BCUT2D eigenvalue weighted by molar-refractivity contribution is 9.10. The second-order valence-corrected chi connectivity index (χ2v) is 6.98. The Kier molecular flexibility index (Phi) is 6.87. The molecule has 0 spiro atoms. The largest absolute Gasteiger partial charge is 0.380 e. The number of rotatable bonds is 8. The van der Waals surface area contributed by atoms with E-state index in [0.29, 0.717) is 16.8 Å². The summed E-state index contributed by atoms with van der Waals surface area (Å²) in [5, 5.41) is 3.02. The molecule has 0 aliphatic rings. The lowest BCUT2D eigenvalue weighted by Crippen LogP contribution is -2.32. The Morgan fingerprint density at radius 2 is 2.20 bits per heavy atom. The molecule has 0 bridgehead atoms. The fourth-order valence-corrected chi connectivity index (χ4v) is 3.14. The molecule has 1 aromatic heterocycles. The Morgan fingerprint density at radius 1 is 1.50 bits per heavy atom. The zero-order valence-corrected chi connectivity index (χ0v) is 14.2. The van der Waals surface area contributed by atoms with E-state index >= 15 is 0 Å². The second kappa shape index (κ2) is 7.92. The number of aromatic nitrogens is 1. The molecule has 1 unspecified atom stereocenters. The van der Waals surface area contributed by atoms with Crippen LogP contribution in [0.1, 0.15) is 20.3 Å². The van der Waals surface area contributed by atoms with Crippen LogP contribution < -0.4 is 10.0 Å². The zero-order valence-electron chi connectivity index (χ0n) is 11.8. The van der Waals surface area contributed by atoms with E-state index in [0.717, 1.165) is 6.42 Å². The van der Waals surface area contributed by atoms with Crippen LogP contribution in [0.2, 0.25) is 0 Å². The molecule has 0 saturated carbocycles. The van der Waals surface area contributed by atoms with Gasteiger partial charge in [0.1, 0.15) is 10.7 Å². The van der Waals surface area contributed by atoms with Gasteiger partial charge < -0.3 is 10.1 Å². The minimum atomic E-state index is -3.63. The number of methoxy groups -OCH3 is 1. The van der Waals surface area contributed by atoms with Crippen molar-refractivity contribution >= 4 is 31.8 Å². The third kappa shape index (κ3) is 5.01. The molecule has 0 aliphatic carbocycles. The highest BCUT2D eigenvalue weighted by Crippen LogP contribution is 2.22. The van der Waals surface area contributed by atoms with Crippen molar-refractivity contribution in [2.75, 3.05) is 25.5 Å². The highest BCUT2D eigenvalue weighted by atomic mass is 79.9. The predicted octanol–water partition coefficient (Wildman–Crippen LogP) is 1.98. The van der Waals surface area contributed by atoms with Crippen molar-refractivity contribution in [1.29, 1.82) is 0 Å². The molecule has 1 heterocycles. The topological polar surface area (TPSA) is 80.3 Å². The number of anilines is 1. The van der Waals surface area contributed by atoms with E-state index in [-0.39, 0.29) is 17.5 Å². The van der Waals surface area contributed by atoms with Crippen LogP contribution in [0.25, 0.3) is 0 Å². The zero-order chi connectivity index (χ0) is 15.2. The van der Waals surface area contributed by atoms with E-state index in [2.05, 4.69) is 31.0 Å². The number of nitrogens with one attached hydrogen (secondary N) is 2. The first-order valence-electron chi connectivity index (χ1n) is 6.32. The molecule has 0 saturated heterocycles. The number of nitrogens with zero attached hydrogens (tertiary/aromatic N) is 1. The summed E-state index contributed by atoms with van der Waals surface area (Å²) in [4.78, 5) is 4.25. The maximum absolute atomic E-state index is 12.3. The summed E-state index contributed by atoms with van der Waals surface area (Å²) >= 11 is 3.24. The van der Waals surface area contributed by atoms with Gasteiger partial charge in [0.05, 0.1) is 6.10 Å². The lowest BCUT2D eigenvalue weighted by atomic mass is 10.4. The number of sulfonamides is 1. The van der Waals surface area contributed by atoms with Gasteiger partial charge in [-0.3, -0.25) is 0 Å². The molecule has 2 N–H and O–H groups in total. The fourth-order valence-electron chi connectivity index (χ4n) is 1.39. The van der Waals surface area contributed by atoms with Crippen molar-refractivity contribution in [3.8, 4) is 0 Å². The van der Waals surface area contributed by atoms with Crippen LogP contribution >= 0.6 is 15.9 Å². The van der Waals surface area contributed by atoms with E-state index in [1.807, 2.05) is 6.92 Å². The van der Waals surface area contributed by atoms with E-state index < -0.39 is 10.0 Å². The van der Waals surface area contributed by atoms with Gasteiger partial charge in [-0.15, -0.1) is 0 Å². The van der Waals surface area contributed by atoms with Gasteiger partial charge in [0.15, 0.2) is 0 Å². The van der Waals surface area contributed by atoms with E-state index in [1.165, 1.54) is 13.2 Å². The van der Waals surface area contributed by atoms with Gasteiger partial charge in [0, 0.05) is 30.9 Å². The van der Waals surface area contributed by atoms with Crippen molar-refractivity contribution < 1.29 is 13.2 Å². The summed E-state index contributed by atoms with van der Waals surface area (Å²) in [5.74, 6) is 0.354. The Hall–Kier alpha value is -0.700. The lowest BCUT2D eigenvalue weighted by Gasteiger charge is -2.14. The Balaban J connectivity index is 2.99. The van der Waals surface area contributed by atoms with Gasteiger partial charge in [0.2, 0.25) is 10.0 Å². The molecular formula is C12H20BrN3O3S. The van der Waals surface area contributed by atoms with Gasteiger partial charge in [-0.2, -0.15) is 0 Å². The molecule has 0 fully saturated rings. The third-order valence-corrected chi connectivity index (χ3v) is 4.49. The fraction of sp³-hybridized carbons (Fsp3) is 0.583. The summed E-state index contributed by atoms with van der Waals surface area (Å²) in [6, 6.07) is 1.53. The summed E-state index contributed by atoms with van der Waals surface area (Å²) in [7, 11) is -2.10. The third-order valence-electron chi connectivity index (χ3n) is 2.61. The van der Waals surface area contributed by atoms with Crippen LogP contribution in [0.3, 0.4) is 0 Å². The van der Waals surface area contributed by atoms with Gasteiger partial charge in [-0.25, -0.2) is 18.1 Å². The summed E-state index contributed by atoms with van der Waals surface area (Å²) in [5.41, 5.74) is 0. The number of hydrogen-bond acceptors (Lipinski definition) is 5. The maximum Gasteiger partial charge on any atom is 0.244 e.